The van der Waals surface area contributed by atoms with Gasteiger partial charge in [0.25, 0.3) is 0 Å². The highest BCUT2D eigenvalue weighted by atomic mass is 15.3. The van der Waals surface area contributed by atoms with E-state index in [9.17, 15) is 0 Å². The Morgan fingerprint density at radius 1 is 1.40 bits per heavy atom. The van der Waals surface area contributed by atoms with E-state index in [1.54, 1.807) is 6.20 Å². The summed E-state index contributed by atoms with van der Waals surface area (Å²) in [4.78, 5) is 9.04. The number of rotatable bonds is 1. The van der Waals surface area contributed by atoms with Crippen LogP contribution >= 0.6 is 0 Å². The highest BCUT2D eigenvalue weighted by molar-refractivity contribution is 5.46. The first kappa shape index (κ1) is 10.2. The Balaban J connectivity index is 2.13. The van der Waals surface area contributed by atoms with Crippen LogP contribution in [0.1, 0.15) is 6.92 Å². The van der Waals surface area contributed by atoms with Crippen molar-refractivity contribution >= 4 is 11.5 Å². The summed E-state index contributed by atoms with van der Waals surface area (Å²) in [5.41, 5.74) is 6.35. The van der Waals surface area contributed by atoms with Crippen LogP contribution in [0.25, 0.3) is 0 Å². The molecule has 1 aromatic rings. The lowest BCUT2D eigenvalue weighted by atomic mass is 10.2. The van der Waals surface area contributed by atoms with Crippen LogP contribution in [0.4, 0.5) is 11.5 Å². The van der Waals surface area contributed by atoms with Crippen molar-refractivity contribution in [3.8, 4) is 0 Å². The average Bonchev–Trinajstić information content (AvgIpc) is 2.20. The normalized spacial score (nSPS) is 23.1. The fraction of sp³-hybridized carbons (Fsp3) is 0.545. The van der Waals surface area contributed by atoms with E-state index >= 15 is 0 Å². The van der Waals surface area contributed by atoms with Gasteiger partial charge in [0.15, 0.2) is 0 Å². The fourth-order valence-corrected chi connectivity index (χ4v) is 2.05. The van der Waals surface area contributed by atoms with Gasteiger partial charge in [-0.25, -0.2) is 4.98 Å². The lowest BCUT2D eigenvalue weighted by Crippen LogP contribution is -2.50. The van der Waals surface area contributed by atoms with Gasteiger partial charge >= 0.3 is 0 Å². The van der Waals surface area contributed by atoms with Crippen molar-refractivity contribution < 1.29 is 0 Å². The number of pyridine rings is 1. The summed E-state index contributed by atoms with van der Waals surface area (Å²) < 4.78 is 0. The second-order valence-electron chi connectivity index (χ2n) is 4.25. The van der Waals surface area contributed by atoms with Gasteiger partial charge in [0.05, 0.1) is 11.9 Å². The summed E-state index contributed by atoms with van der Waals surface area (Å²) in [5.74, 6) is 1.03. The van der Waals surface area contributed by atoms with Crippen LogP contribution in [0.5, 0.6) is 0 Å². The average molecular weight is 206 g/mol. The van der Waals surface area contributed by atoms with Crippen LogP contribution in [-0.2, 0) is 0 Å². The summed E-state index contributed by atoms with van der Waals surface area (Å²) in [6.45, 7) is 5.45. The highest BCUT2D eigenvalue weighted by Gasteiger charge is 2.22. The molecule has 2 heterocycles. The van der Waals surface area contributed by atoms with Gasteiger partial charge in [-0.1, -0.05) is 0 Å². The summed E-state index contributed by atoms with van der Waals surface area (Å²) in [7, 11) is 2.16. The predicted octanol–water partition coefficient (Wildman–Crippen LogP) is 0.804. The number of hydrogen-bond acceptors (Lipinski definition) is 4. The van der Waals surface area contributed by atoms with Crippen molar-refractivity contribution in [3.63, 3.8) is 0 Å². The molecule has 1 unspecified atom stereocenters. The Hall–Kier alpha value is -1.29. The largest absolute Gasteiger partial charge is 0.397 e. The van der Waals surface area contributed by atoms with Crippen molar-refractivity contribution in [1.82, 2.24) is 9.88 Å². The molecule has 1 aromatic heterocycles. The van der Waals surface area contributed by atoms with Crippen LogP contribution in [0, 0.1) is 0 Å². The molecule has 0 spiro atoms. The standard InChI is InChI=1S/C11H18N4/c1-9-8-14(2)5-6-15(9)11-4-3-10(12)7-13-11/h3-4,7,9H,5-6,8,12H2,1-2H3. The summed E-state index contributed by atoms with van der Waals surface area (Å²) in [6, 6.07) is 4.42. The molecule has 2 N–H and O–H groups in total. The van der Waals surface area contributed by atoms with E-state index < -0.39 is 0 Å². The quantitative estimate of drug-likeness (QED) is 0.738. The van der Waals surface area contributed by atoms with E-state index in [0.29, 0.717) is 6.04 Å². The van der Waals surface area contributed by atoms with Gasteiger partial charge in [-0.2, -0.15) is 0 Å². The number of likely N-dealkylation sites (N-methyl/N-ethyl adjacent to an activating group) is 1. The molecule has 0 bridgehead atoms. The first-order chi connectivity index (χ1) is 7.16. The fourth-order valence-electron chi connectivity index (χ4n) is 2.05. The number of nitrogens with two attached hydrogens (primary N) is 1. The van der Waals surface area contributed by atoms with Crippen LogP contribution in [0.2, 0.25) is 0 Å². The second kappa shape index (κ2) is 4.06. The van der Waals surface area contributed by atoms with Crippen LogP contribution in [-0.4, -0.2) is 42.6 Å². The summed E-state index contributed by atoms with van der Waals surface area (Å²) >= 11 is 0. The van der Waals surface area contributed by atoms with Gasteiger partial charge in [0, 0.05) is 25.7 Å². The second-order valence-corrected chi connectivity index (χ2v) is 4.25. The number of piperazine rings is 1. The molecule has 1 aliphatic heterocycles. The minimum atomic E-state index is 0.514. The van der Waals surface area contributed by atoms with Crippen molar-refractivity contribution in [2.45, 2.75) is 13.0 Å². The van der Waals surface area contributed by atoms with Gasteiger partial charge in [-0.3, -0.25) is 0 Å². The minimum absolute atomic E-state index is 0.514. The molecule has 1 atom stereocenters. The molecule has 4 heteroatoms. The molecule has 4 nitrogen and oxygen atoms in total. The Kier molecular flexibility index (Phi) is 2.77. The molecule has 2 rings (SSSR count). The summed E-state index contributed by atoms with van der Waals surface area (Å²) in [6.07, 6.45) is 1.72. The van der Waals surface area contributed by atoms with Crippen molar-refractivity contribution in [1.29, 1.82) is 0 Å². The third kappa shape index (κ3) is 2.21. The maximum Gasteiger partial charge on any atom is 0.128 e. The van der Waals surface area contributed by atoms with Crippen molar-refractivity contribution in [2.24, 2.45) is 0 Å². The molecule has 0 radical (unpaired) electrons. The van der Waals surface area contributed by atoms with Gasteiger partial charge < -0.3 is 15.5 Å². The zero-order chi connectivity index (χ0) is 10.8. The van der Waals surface area contributed by atoms with E-state index in [-0.39, 0.29) is 0 Å². The number of nitrogens with zero attached hydrogens (tertiary/aromatic N) is 3. The number of aromatic nitrogens is 1. The van der Waals surface area contributed by atoms with E-state index in [1.165, 1.54) is 0 Å². The van der Waals surface area contributed by atoms with E-state index in [4.69, 9.17) is 5.73 Å². The third-order valence-corrected chi connectivity index (χ3v) is 2.90. The predicted molar refractivity (Wildman–Crippen MR) is 63.0 cm³/mol. The molecule has 1 saturated heterocycles. The Morgan fingerprint density at radius 3 is 2.80 bits per heavy atom. The Labute approximate surface area is 90.7 Å². The van der Waals surface area contributed by atoms with Crippen LogP contribution in [0.3, 0.4) is 0 Å². The van der Waals surface area contributed by atoms with E-state index in [0.717, 1.165) is 31.1 Å². The molecular formula is C11H18N4. The topological polar surface area (TPSA) is 45.4 Å². The molecule has 0 amide bonds. The maximum atomic E-state index is 5.62. The molecule has 0 aromatic carbocycles. The lowest BCUT2D eigenvalue weighted by molar-refractivity contribution is 0.274. The van der Waals surface area contributed by atoms with Gasteiger partial charge in [0.1, 0.15) is 5.82 Å². The zero-order valence-electron chi connectivity index (χ0n) is 9.35. The third-order valence-electron chi connectivity index (χ3n) is 2.90. The summed E-state index contributed by atoms with van der Waals surface area (Å²) in [5, 5.41) is 0. The smallest absolute Gasteiger partial charge is 0.128 e. The number of anilines is 2. The van der Waals surface area contributed by atoms with Gasteiger partial charge in [-0.05, 0) is 26.1 Å². The molecule has 82 valence electrons. The van der Waals surface area contributed by atoms with Crippen molar-refractivity contribution in [3.05, 3.63) is 18.3 Å². The molecular weight excluding hydrogens is 188 g/mol. The van der Waals surface area contributed by atoms with Crippen LogP contribution in [0.15, 0.2) is 18.3 Å². The van der Waals surface area contributed by atoms with Crippen molar-refractivity contribution in [2.75, 3.05) is 37.3 Å². The molecule has 0 saturated carbocycles. The first-order valence-electron chi connectivity index (χ1n) is 5.33. The van der Waals surface area contributed by atoms with E-state index in [1.807, 2.05) is 12.1 Å². The molecule has 1 aliphatic rings. The van der Waals surface area contributed by atoms with Crippen LogP contribution < -0.4 is 10.6 Å². The molecule has 15 heavy (non-hydrogen) atoms. The Morgan fingerprint density at radius 2 is 2.20 bits per heavy atom. The molecule has 1 fully saturated rings. The minimum Gasteiger partial charge on any atom is -0.397 e. The lowest BCUT2D eigenvalue weighted by Gasteiger charge is -2.39. The van der Waals surface area contributed by atoms with E-state index in [2.05, 4.69) is 28.8 Å². The highest BCUT2D eigenvalue weighted by Crippen LogP contribution is 2.18. The number of nitrogen functional groups attached to an aromatic ring is 1. The van der Waals surface area contributed by atoms with Gasteiger partial charge in [0.2, 0.25) is 0 Å². The first-order valence-corrected chi connectivity index (χ1v) is 5.33. The SMILES string of the molecule is CC1CN(C)CCN1c1ccc(N)cn1. The molecule has 0 aliphatic carbocycles. The zero-order valence-corrected chi connectivity index (χ0v) is 9.35. The van der Waals surface area contributed by atoms with Gasteiger partial charge in [-0.15, -0.1) is 0 Å². The monoisotopic (exact) mass is 206 g/mol. The Bertz CT molecular complexity index is 322. The maximum absolute atomic E-state index is 5.62. The number of hydrogen-bond donors (Lipinski definition) is 1.